The van der Waals surface area contributed by atoms with E-state index in [0.717, 1.165) is 25.7 Å². The van der Waals surface area contributed by atoms with Crippen molar-refractivity contribution in [3.8, 4) is 0 Å². The second-order valence-corrected chi connectivity index (χ2v) is 6.08. The lowest BCUT2D eigenvalue weighted by Crippen LogP contribution is -2.31. The van der Waals surface area contributed by atoms with Crippen LogP contribution in [0, 0.1) is 0 Å². The third-order valence-corrected chi connectivity index (χ3v) is 4.27. The Bertz CT molecular complexity index is 371. The molecule has 0 bridgehead atoms. The van der Waals surface area contributed by atoms with Gasteiger partial charge in [0.05, 0.1) is 6.61 Å². The van der Waals surface area contributed by atoms with Crippen LogP contribution >= 0.6 is 0 Å². The molecule has 2 aliphatic rings. The van der Waals surface area contributed by atoms with Gasteiger partial charge in [0.2, 0.25) is 0 Å². The Labute approximate surface area is 136 Å². The molecule has 2 rings (SSSR count). The van der Waals surface area contributed by atoms with Crippen molar-refractivity contribution in [2.75, 3.05) is 13.2 Å². The molecule has 0 aromatic carbocycles. The zero-order valence-electron chi connectivity index (χ0n) is 13.4. The number of aliphatic hydroxyl groups excluding tert-OH is 1. The molecule has 0 aromatic rings. The van der Waals surface area contributed by atoms with Gasteiger partial charge in [-0.15, -0.1) is 0 Å². The number of rotatable bonds is 5. The van der Waals surface area contributed by atoms with E-state index < -0.39 is 12.3 Å². The van der Waals surface area contributed by atoms with Gasteiger partial charge in [-0.25, -0.2) is 9.59 Å². The highest BCUT2D eigenvalue weighted by Crippen LogP contribution is 2.25. The molecule has 0 aromatic heterocycles. The third-order valence-electron chi connectivity index (χ3n) is 4.27. The molecule has 7 nitrogen and oxygen atoms in total. The van der Waals surface area contributed by atoms with Crippen molar-refractivity contribution >= 4 is 12.3 Å². The average molecular weight is 330 g/mol. The van der Waals surface area contributed by atoms with Crippen molar-refractivity contribution in [3.63, 3.8) is 0 Å². The molecular weight excluding hydrogens is 304 g/mol. The van der Waals surface area contributed by atoms with E-state index in [-0.39, 0.29) is 31.5 Å². The Kier molecular flexibility index (Phi) is 7.45. The van der Waals surface area contributed by atoms with Crippen molar-refractivity contribution in [2.45, 2.75) is 76.1 Å². The first-order valence-electron chi connectivity index (χ1n) is 8.49. The fourth-order valence-electron chi connectivity index (χ4n) is 3.05. The first-order valence-corrected chi connectivity index (χ1v) is 8.49. The minimum atomic E-state index is -0.764. The Balaban J connectivity index is 1.60. The molecule has 2 fully saturated rings. The second kappa shape index (κ2) is 9.60. The van der Waals surface area contributed by atoms with Crippen molar-refractivity contribution in [2.24, 2.45) is 0 Å². The van der Waals surface area contributed by atoms with Gasteiger partial charge in [0.1, 0.15) is 24.9 Å². The number of hydrogen-bond donors (Lipinski definition) is 1. The minimum Gasteiger partial charge on any atom is -0.432 e. The summed E-state index contributed by atoms with van der Waals surface area (Å²) in [4.78, 5) is 23.1. The van der Waals surface area contributed by atoms with Crippen LogP contribution < -0.4 is 0 Å². The summed E-state index contributed by atoms with van der Waals surface area (Å²) in [7, 11) is 0. The summed E-state index contributed by atoms with van der Waals surface area (Å²) >= 11 is 0. The van der Waals surface area contributed by atoms with E-state index in [1.807, 2.05) is 0 Å². The summed E-state index contributed by atoms with van der Waals surface area (Å²) in [5.41, 5.74) is 0. The summed E-state index contributed by atoms with van der Waals surface area (Å²) in [5.74, 6) is 0. The molecule has 0 unspecified atom stereocenters. The molecule has 1 N–H and O–H groups in total. The molecule has 23 heavy (non-hydrogen) atoms. The minimum absolute atomic E-state index is 0.00258. The van der Waals surface area contributed by atoms with Crippen LogP contribution in [0.2, 0.25) is 0 Å². The van der Waals surface area contributed by atoms with Gasteiger partial charge in [-0.3, -0.25) is 0 Å². The van der Waals surface area contributed by atoms with Gasteiger partial charge in [0.15, 0.2) is 0 Å². The van der Waals surface area contributed by atoms with Gasteiger partial charge in [-0.05, 0) is 51.4 Å². The Hall–Kier alpha value is -1.50. The van der Waals surface area contributed by atoms with Gasteiger partial charge < -0.3 is 24.1 Å². The van der Waals surface area contributed by atoms with Gasteiger partial charge in [0.25, 0.3) is 0 Å². The largest absolute Gasteiger partial charge is 0.508 e. The molecule has 7 heteroatoms. The molecule has 132 valence electrons. The van der Waals surface area contributed by atoms with Crippen LogP contribution in [-0.4, -0.2) is 48.9 Å². The summed E-state index contributed by atoms with van der Waals surface area (Å²) in [6.07, 6.45) is 6.02. The highest BCUT2D eigenvalue weighted by atomic mass is 16.7. The molecule has 0 amide bonds. The van der Waals surface area contributed by atoms with Crippen LogP contribution in [0.15, 0.2) is 0 Å². The molecule has 2 saturated carbocycles. The lowest BCUT2D eigenvalue weighted by molar-refractivity contribution is -0.0411. The maximum absolute atomic E-state index is 11.8. The van der Waals surface area contributed by atoms with E-state index >= 15 is 0 Å². The topological polar surface area (TPSA) is 91.3 Å². The van der Waals surface area contributed by atoms with Crippen LogP contribution in [-0.2, 0) is 18.9 Å². The fraction of sp³-hybridized carbons (Fsp3) is 0.875. The molecule has 0 saturated heterocycles. The second-order valence-electron chi connectivity index (χ2n) is 6.08. The van der Waals surface area contributed by atoms with Crippen molar-refractivity contribution < 1.29 is 33.6 Å². The molecular formula is C16H26O7. The SMILES string of the molecule is O=C(OCCO)OC1CCC(OC(=O)OC2CCCCC2)CC1. The van der Waals surface area contributed by atoms with Crippen molar-refractivity contribution in [1.29, 1.82) is 0 Å². The first kappa shape index (κ1) is 17.8. The number of carbonyl (C=O) groups is 2. The maximum atomic E-state index is 11.8. The Morgan fingerprint density at radius 1 is 0.739 bits per heavy atom. The summed E-state index contributed by atoms with van der Waals surface area (Å²) < 4.78 is 20.5. The van der Waals surface area contributed by atoms with Gasteiger partial charge in [-0.1, -0.05) is 6.42 Å². The molecule has 0 spiro atoms. The molecule has 0 heterocycles. The highest BCUT2D eigenvalue weighted by molar-refractivity contribution is 5.60. The lowest BCUT2D eigenvalue weighted by Gasteiger charge is -2.28. The first-order chi connectivity index (χ1) is 11.2. The van der Waals surface area contributed by atoms with Crippen LogP contribution in [0.3, 0.4) is 0 Å². The Morgan fingerprint density at radius 3 is 1.74 bits per heavy atom. The molecule has 0 atom stereocenters. The predicted molar refractivity (Wildman–Crippen MR) is 80.0 cm³/mol. The normalized spacial score (nSPS) is 25.4. The smallest absolute Gasteiger partial charge is 0.432 e. The van der Waals surface area contributed by atoms with Gasteiger partial charge >= 0.3 is 12.3 Å². The van der Waals surface area contributed by atoms with Crippen LogP contribution in [0.4, 0.5) is 9.59 Å². The standard InChI is InChI=1S/C16H26O7/c17-10-11-20-15(18)21-13-6-8-14(9-7-13)23-16(19)22-12-4-2-1-3-5-12/h12-14,17H,1-11H2. The molecule has 2 aliphatic carbocycles. The number of hydrogen-bond acceptors (Lipinski definition) is 7. The number of ether oxygens (including phenoxy) is 4. The van der Waals surface area contributed by atoms with Crippen molar-refractivity contribution in [1.82, 2.24) is 0 Å². The van der Waals surface area contributed by atoms with Gasteiger partial charge in [0, 0.05) is 0 Å². The highest BCUT2D eigenvalue weighted by Gasteiger charge is 2.28. The van der Waals surface area contributed by atoms with E-state index in [2.05, 4.69) is 4.74 Å². The summed E-state index contributed by atoms with van der Waals surface area (Å²) in [6, 6.07) is 0. The quantitative estimate of drug-likeness (QED) is 0.775. The van der Waals surface area contributed by atoms with E-state index in [1.54, 1.807) is 0 Å². The van der Waals surface area contributed by atoms with E-state index in [4.69, 9.17) is 19.3 Å². The summed E-state index contributed by atoms with van der Waals surface area (Å²) in [6.45, 7) is -0.289. The van der Waals surface area contributed by atoms with E-state index in [0.29, 0.717) is 25.7 Å². The number of carbonyl (C=O) groups excluding carboxylic acids is 2. The molecule has 0 aliphatic heterocycles. The summed E-state index contributed by atoms with van der Waals surface area (Å²) in [5, 5.41) is 8.56. The molecule has 0 radical (unpaired) electrons. The number of aliphatic hydroxyl groups is 1. The van der Waals surface area contributed by atoms with E-state index in [9.17, 15) is 9.59 Å². The van der Waals surface area contributed by atoms with Gasteiger partial charge in [-0.2, -0.15) is 0 Å². The van der Waals surface area contributed by atoms with E-state index in [1.165, 1.54) is 6.42 Å². The van der Waals surface area contributed by atoms with Crippen LogP contribution in [0.25, 0.3) is 0 Å². The zero-order chi connectivity index (χ0) is 16.5. The van der Waals surface area contributed by atoms with Crippen LogP contribution in [0.1, 0.15) is 57.8 Å². The monoisotopic (exact) mass is 330 g/mol. The predicted octanol–water partition coefficient (Wildman–Crippen LogP) is 2.93. The fourth-order valence-corrected chi connectivity index (χ4v) is 3.05. The lowest BCUT2D eigenvalue weighted by atomic mass is 9.95. The van der Waals surface area contributed by atoms with Crippen LogP contribution in [0.5, 0.6) is 0 Å². The Morgan fingerprint density at radius 2 is 1.22 bits per heavy atom. The zero-order valence-corrected chi connectivity index (χ0v) is 13.4. The third kappa shape index (κ3) is 6.64. The average Bonchev–Trinajstić information content (AvgIpc) is 2.55. The maximum Gasteiger partial charge on any atom is 0.508 e. The van der Waals surface area contributed by atoms with Crippen molar-refractivity contribution in [3.05, 3.63) is 0 Å².